The number of hydrogen-bond acceptors (Lipinski definition) is 5. The molecule has 0 aliphatic rings. The molecule has 0 aliphatic heterocycles. The Kier molecular flexibility index (Phi) is 4.09. The Hall–Kier alpha value is -2.76. The van der Waals surface area contributed by atoms with Crippen LogP contribution in [0.1, 0.15) is 29.5 Å². The minimum atomic E-state index is -0.407. The molecular formula is C16H16N4O2. The van der Waals surface area contributed by atoms with Gasteiger partial charge in [0, 0.05) is 24.3 Å². The van der Waals surface area contributed by atoms with E-state index < -0.39 is 5.97 Å². The van der Waals surface area contributed by atoms with Gasteiger partial charge in [-0.05, 0) is 11.8 Å². The van der Waals surface area contributed by atoms with Crippen LogP contribution in [0.15, 0.2) is 43.0 Å². The molecule has 0 N–H and O–H groups in total. The average Bonchev–Trinajstić information content (AvgIpc) is 3.00. The van der Waals surface area contributed by atoms with E-state index in [2.05, 4.69) is 22.1 Å². The van der Waals surface area contributed by atoms with Crippen molar-refractivity contribution in [2.24, 2.45) is 0 Å². The molecule has 0 spiro atoms. The van der Waals surface area contributed by atoms with Crippen molar-refractivity contribution < 1.29 is 9.53 Å². The molecule has 0 atom stereocenters. The lowest BCUT2D eigenvalue weighted by atomic mass is 10.1. The molecule has 0 aliphatic carbocycles. The van der Waals surface area contributed by atoms with Crippen LogP contribution < -0.4 is 0 Å². The van der Waals surface area contributed by atoms with E-state index in [9.17, 15) is 4.79 Å². The van der Waals surface area contributed by atoms with Crippen LogP contribution in [0.25, 0.3) is 10.8 Å². The minimum absolute atomic E-state index is 0.0993. The molecule has 1 aromatic carbocycles. The lowest BCUT2D eigenvalue weighted by Gasteiger charge is -2.08. The first kappa shape index (κ1) is 14.2. The fraction of sp³-hybridized carbons (Fsp3) is 0.250. The number of carbonyl (C=O) groups excluding carboxylic acids is 1. The van der Waals surface area contributed by atoms with Crippen molar-refractivity contribution in [3.8, 4) is 0 Å². The maximum Gasteiger partial charge on any atom is 0.340 e. The molecule has 3 rings (SSSR count). The van der Waals surface area contributed by atoms with E-state index in [1.165, 1.54) is 6.20 Å². The van der Waals surface area contributed by atoms with E-state index in [0.29, 0.717) is 11.4 Å². The lowest BCUT2D eigenvalue weighted by Crippen LogP contribution is -2.10. The Morgan fingerprint density at radius 2 is 2.14 bits per heavy atom. The maximum absolute atomic E-state index is 12.3. The van der Waals surface area contributed by atoms with Gasteiger partial charge in [-0.25, -0.2) is 4.79 Å². The van der Waals surface area contributed by atoms with E-state index in [-0.39, 0.29) is 6.61 Å². The second kappa shape index (κ2) is 6.34. The van der Waals surface area contributed by atoms with E-state index in [1.54, 1.807) is 12.5 Å². The zero-order valence-corrected chi connectivity index (χ0v) is 12.3. The molecule has 0 bridgehead atoms. The topological polar surface area (TPSA) is 69.9 Å². The molecule has 6 nitrogen and oxygen atoms in total. The largest absolute Gasteiger partial charge is 0.454 e. The quantitative estimate of drug-likeness (QED) is 0.677. The van der Waals surface area contributed by atoms with Crippen molar-refractivity contribution in [2.75, 3.05) is 0 Å². The summed E-state index contributed by atoms with van der Waals surface area (Å²) < 4.78 is 7.25. The van der Waals surface area contributed by atoms with Gasteiger partial charge in [-0.2, -0.15) is 0 Å². The van der Waals surface area contributed by atoms with Crippen molar-refractivity contribution in [2.45, 2.75) is 26.5 Å². The third-order valence-electron chi connectivity index (χ3n) is 3.38. The summed E-state index contributed by atoms with van der Waals surface area (Å²) in [6.45, 7) is 2.97. The third-order valence-corrected chi connectivity index (χ3v) is 3.38. The first-order valence-electron chi connectivity index (χ1n) is 7.16. The number of ether oxygens (including phenoxy) is 1. The van der Waals surface area contributed by atoms with Crippen LogP contribution in [-0.4, -0.2) is 25.7 Å². The van der Waals surface area contributed by atoms with Crippen LogP contribution in [0.2, 0.25) is 0 Å². The number of carbonyl (C=O) groups is 1. The van der Waals surface area contributed by atoms with E-state index in [1.807, 2.05) is 28.8 Å². The number of aryl methyl sites for hydroxylation is 1. The van der Waals surface area contributed by atoms with Gasteiger partial charge in [0.15, 0.2) is 12.4 Å². The highest BCUT2D eigenvalue weighted by molar-refractivity contribution is 6.03. The number of hydrogen-bond donors (Lipinski definition) is 0. The monoisotopic (exact) mass is 296 g/mol. The predicted octanol–water partition coefficient (Wildman–Crippen LogP) is 2.59. The summed E-state index contributed by atoms with van der Waals surface area (Å²) in [6, 6.07) is 7.59. The van der Waals surface area contributed by atoms with E-state index in [0.717, 1.165) is 23.7 Å². The molecule has 0 amide bonds. The Labute approximate surface area is 127 Å². The van der Waals surface area contributed by atoms with Crippen LogP contribution in [0.3, 0.4) is 0 Å². The van der Waals surface area contributed by atoms with Gasteiger partial charge in [-0.1, -0.05) is 31.2 Å². The normalized spacial score (nSPS) is 10.8. The Bertz CT molecular complexity index is 792. The number of fused-ring (bicyclic) bond motifs is 1. The van der Waals surface area contributed by atoms with Gasteiger partial charge in [0.2, 0.25) is 0 Å². The molecule has 2 heterocycles. The van der Waals surface area contributed by atoms with Crippen LogP contribution in [0.5, 0.6) is 0 Å². The maximum atomic E-state index is 12.3. The molecule has 3 aromatic rings. The number of nitrogens with zero attached hydrogens (tertiary/aromatic N) is 4. The number of esters is 1. The van der Waals surface area contributed by atoms with Gasteiger partial charge in [0.25, 0.3) is 0 Å². The summed E-state index contributed by atoms with van der Waals surface area (Å²) in [5.41, 5.74) is 0.458. The average molecular weight is 296 g/mol. The summed E-state index contributed by atoms with van der Waals surface area (Å²) in [6.07, 6.45) is 5.86. The van der Waals surface area contributed by atoms with Crippen molar-refractivity contribution in [3.05, 3.63) is 54.4 Å². The molecule has 0 saturated carbocycles. The van der Waals surface area contributed by atoms with E-state index in [4.69, 9.17) is 4.74 Å². The number of benzene rings is 1. The minimum Gasteiger partial charge on any atom is -0.454 e. The highest BCUT2D eigenvalue weighted by atomic mass is 16.5. The smallest absolute Gasteiger partial charge is 0.340 e. The second-order valence-electron chi connectivity index (χ2n) is 4.92. The Morgan fingerprint density at radius 3 is 3.00 bits per heavy atom. The van der Waals surface area contributed by atoms with Gasteiger partial charge in [0.05, 0.1) is 5.56 Å². The Morgan fingerprint density at radius 1 is 1.27 bits per heavy atom. The first-order chi connectivity index (χ1) is 10.8. The highest BCUT2D eigenvalue weighted by Crippen LogP contribution is 2.18. The molecule has 0 fully saturated rings. The second-order valence-corrected chi connectivity index (χ2v) is 4.92. The van der Waals surface area contributed by atoms with Crippen LogP contribution >= 0.6 is 0 Å². The van der Waals surface area contributed by atoms with Crippen LogP contribution in [0, 0.1) is 0 Å². The van der Waals surface area contributed by atoms with Crippen molar-refractivity contribution >= 4 is 16.7 Å². The van der Waals surface area contributed by atoms with Crippen molar-refractivity contribution in [1.82, 2.24) is 19.7 Å². The predicted molar refractivity (Wildman–Crippen MR) is 81.2 cm³/mol. The summed E-state index contributed by atoms with van der Waals surface area (Å²) in [5.74, 6) is 0.235. The van der Waals surface area contributed by atoms with Gasteiger partial charge >= 0.3 is 5.97 Å². The zero-order valence-electron chi connectivity index (χ0n) is 12.3. The van der Waals surface area contributed by atoms with Gasteiger partial charge in [-0.15, -0.1) is 10.2 Å². The summed E-state index contributed by atoms with van der Waals surface area (Å²) in [4.78, 5) is 16.4. The molecule has 22 heavy (non-hydrogen) atoms. The molecule has 0 unspecified atom stereocenters. The molecule has 2 aromatic heterocycles. The molecule has 0 saturated heterocycles. The van der Waals surface area contributed by atoms with Crippen LogP contribution in [0.4, 0.5) is 0 Å². The fourth-order valence-electron chi connectivity index (χ4n) is 2.31. The number of pyridine rings is 1. The Balaban J connectivity index is 1.78. The van der Waals surface area contributed by atoms with Crippen LogP contribution in [-0.2, 0) is 17.9 Å². The molecule has 6 heteroatoms. The van der Waals surface area contributed by atoms with Crippen molar-refractivity contribution in [3.63, 3.8) is 0 Å². The third kappa shape index (κ3) is 2.81. The molecular weight excluding hydrogens is 280 g/mol. The summed E-state index contributed by atoms with van der Waals surface area (Å²) in [5, 5.41) is 9.57. The van der Waals surface area contributed by atoms with Gasteiger partial charge in [-0.3, -0.25) is 4.98 Å². The van der Waals surface area contributed by atoms with Gasteiger partial charge in [0.1, 0.15) is 6.33 Å². The number of rotatable bonds is 5. The summed E-state index contributed by atoms with van der Waals surface area (Å²) >= 11 is 0. The highest BCUT2D eigenvalue weighted by Gasteiger charge is 2.13. The molecule has 112 valence electrons. The molecule has 0 radical (unpaired) electrons. The SMILES string of the molecule is CCCn1cnnc1COC(=O)c1cncc2ccccc12. The zero-order chi connectivity index (χ0) is 15.4. The number of aromatic nitrogens is 4. The summed E-state index contributed by atoms with van der Waals surface area (Å²) in [7, 11) is 0. The van der Waals surface area contributed by atoms with Crippen molar-refractivity contribution in [1.29, 1.82) is 0 Å². The van der Waals surface area contributed by atoms with Gasteiger partial charge < -0.3 is 9.30 Å². The van der Waals surface area contributed by atoms with E-state index >= 15 is 0 Å². The fourth-order valence-corrected chi connectivity index (χ4v) is 2.31. The first-order valence-corrected chi connectivity index (χ1v) is 7.16. The lowest BCUT2D eigenvalue weighted by molar-refractivity contribution is 0.0459. The standard InChI is InChI=1S/C16H16N4O2/c1-2-7-20-11-18-19-15(20)10-22-16(21)14-9-17-8-12-5-3-4-6-13(12)14/h3-6,8-9,11H,2,7,10H2,1H3.